The number of amides is 1. The van der Waals surface area contributed by atoms with Crippen LogP contribution in [0.3, 0.4) is 0 Å². The summed E-state index contributed by atoms with van der Waals surface area (Å²) >= 11 is 0. The van der Waals surface area contributed by atoms with Gasteiger partial charge in [0.15, 0.2) is 11.6 Å². The second kappa shape index (κ2) is 7.52. The molecule has 7 nitrogen and oxygen atoms in total. The van der Waals surface area contributed by atoms with Crippen LogP contribution in [0.5, 0.6) is 5.75 Å². The average Bonchev–Trinajstić information content (AvgIpc) is 2.37. The first-order valence-corrected chi connectivity index (χ1v) is 6.27. The summed E-state index contributed by atoms with van der Waals surface area (Å²) in [5.74, 6) is -0.0979. The van der Waals surface area contributed by atoms with Gasteiger partial charge in [-0.1, -0.05) is 19.8 Å². The van der Waals surface area contributed by atoms with Crippen LogP contribution < -0.4 is 10.6 Å². The first kappa shape index (κ1) is 15.2. The van der Waals surface area contributed by atoms with Gasteiger partial charge in [-0.3, -0.25) is 10.1 Å². The number of anilines is 2. The molecule has 0 aromatic carbocycles. The van der Waals surface area contributed by atoms with E-state index in [1.165, 1.54) is 13.1 Å². The Morgan fingerprint density at radius 2 is 2.26 bits per heavy atom. The summed E-state index contributed by atoms with van der Waals surface area (Å²) in [5.41, 5.74) is 0. The van der Waals surface area contributed by atoms with Crippen molar-refractivity contribution in [3.63, 3.8) is 0 Å². The third kappa shape index (κ3) is 5.09. The van der Waals surface area contributed by atoms with E-state index in [0.717, 1.165) is 19.3 Å². The van der Waals surface area contributed by atoms with Crippen molar-refractivity contribution in [1.82, 2.24) is 9.97 Å². The highest BCUT2D eigenvalue weighted by atomic mass is 16.3. The summed E-state index contributed by atoms with van der Waals surface area (Å²) < 4.78 is 0. The van der Waals surface area contributed by atoms with Crippen molar-refractivity contribution in [3.8, 4) is 5.75 Å². The molecule has 4 N–H and O–H groups in total. The van der Waals surface area contributed by atoms with Gasteiger partial charge in [0.1, 0.15) is 0 Å². The monoisotopic (exact) mass is 268 g/mol. The minimum atomic E-state index is -0.290. The lowest BCUT2D eigenvalue weighted by atomic mass is 10.1. The lowest BCUT2D eigenvalue weighted by Crippen LogP contribution is -2.24. The lowest BCUT2D eigenvalue weighted by Gasteiger charge is -2.17. The highest BCUT2D eigenvalue weighted by molar-refractivity contribution is 5.86. The summed E-state index contributed by atoms with van der Waals surface area (Å²) in [5, 5.41) is 24.3. The van der Waals surface area contributed by atoms with Gasteiger partial charge < -0.3 is 15.5 Å². The van der Waals surface area contributed by atoms with E-state index < -0.39 is 0 Å². The minimum Gasteiger partial charge on any atom is -0.503 e. The molecule has 7 heteroatoms. The normalized spacial score (nSPS) is 11.9. The number of aliphatic hydroxyl groups excluding tert-OH is 1. The predicted molar refractivity (Wildman–Crippen MR) is 72.0 cm³/mol. The fourth-order valence-corrected chi connectivity index (χ4v) is 1.55. The number of hydrogen-bond donors (Lipinski definition) is 4. The molecule has 0 saturated carbocycles. The van der Waals surface area contributed by atoms with E-state index in [-0.39, 0.29) is 36.1 Å². The fraction of sp³-hybridized carbons (Fsp3) is 0.583. The van der Waals surface area contributed by atoms with Crippen LogP contribution in [0.4, 0.5) is 11.8 Å². The maximum atomic E-state index is 10.9. The molecule has 1 atom stereocenters. The molecular formula is C12H20N4O3. The average molecular weight is 268 g/mol. The molecule has 1 amide bonds. The van der Waals surface area contributed by atoms with Crippen LogP contribution in [-0.4, -0.2) is 38.7 Å². The number of carbonyl (C=O) groups excluding carboxylic acids is 1. The first-order valence-electron chi connectivity index (χ1n) is 6.27. The molecule has 1 rings (SSSR count). The van der Waals surface area contributed by atoms with Gasteiger partial charge in [0.05, 0.1) is 18.8 Å². The summed E-state index contributed by atoms with van der Waals surface area (Å²) in [4.78, 5) is 18.7. The summed E-state index contributed by atoms with van der Waals surface area (Å²) in [6.45, 7) is 3.35. The standard InChI is InChI=1S/C12H20N4O3/c1-3-4-5-9(7-17)15-11-10(19)6-13-12(16-11)14-8(2)18/h6,9,17,19H,3-5,7H2,1-2H3,(H2,13,14,15,16,18). The summed E-state index contributed by atoms with van der Waals surface area (Å²) in [6, 6.07) is -0.189. The number of aromatic nitrogens is 2. The van der Waals surface area contributed by atoms with E-state index in [1.54, 1.807) is 0 Å². The topological polar surface area (TPSA) is 107 Å². The van der Waals surface area contributed by atoms with Crippen LogP contribution in [0.15, 0.2) is 6.20 Å². The highest BCUT2D eigenvalue weighted by Gasteiger charge is 2.12. The van der Waals surface area contributed by atoms with Crippen molar-refractivity contribution in [2.24, 2.45) is 0 Å². The number of rotatable bonds is 7. The Kier molecular flexibility index (Phi) is 6.01. The molecule has 0 saturated heterocycles. The molecule has 0 aliphatic carbocycles. The predicted octanol–water partition coefficient (Wildman–Crippen LogP) is 1.10. The number of carbonyl (C=O) groups is 1. The molecule has 0 aliphatic heterocycles. The third-order valence-corrected chi connectivity index (χ3v) is 2.52. The van der Waals surface area contributed by atoms with E-state index in [2.05, 4.69) is 27.5 Å². The quantitative estimate of drug-likeness (QED) is 0.590. The van der Waals surface area contributed by atoms with Crippen molar-refractivity contribution in [3.05, 3.63) is 6.20 Å². The van der Waals surface area contributed by atoms with Crippen molar-refractivity contribution >= 4 is 17.7 Å². The lowest BCUT2D eigenvalue weighted by molar-refractivity contribution is -0.114. The van der Waals surface area contributed by atoms with Gasteiger partial charge in [-0.05, 0) is 6.42 Å². The zero-order chi connectivity index (χ0) is 14.3. The molecule has 1 heterocycles. The van der Waals surface area contributed by atoms with E-state index in [9.17, 15) is 15.0 Å². The van der Waals surface area contributed by atoms with E-state index in [1.807, 2.05) is 0 Å². The van der Waals surface area contributed by atoms with E-state index in [4.69, 9.17) is 0 Å². The van der Waals surface area contributed by atoms with Gasteiger partial charge >= 0.3 is 0 Å². The fourth-order valence-electron chi connectivity index (χ4n) is 1.55. The van der Waals surface area contributed by atoms with Crippen molar-refractivity contribution in [2.75, 3.05) is 17.2 Å². The zero-order valence-electron chi connectivity index (χ0n) is 11.2. The van der Waals surface area contributed by atoms with Crippen LogP contribution in [0, 0.1) is 0 Å². The number of unbranched alkanes of at least 4 members (excludes halogenated alkanes) is 1. The Bertz CT molecular complexity index is 425. The smallest absolute Gasteiger partial charge is 0.231 e. The number of aromatic hydroxyl groups is 1. The molecule has 0 bridgehead atoms. The van der Waals surface area contributed by atoms with Crippen LogP contribution in [0.1, 0.15) is 33.1 Å². The minimum absolute atomic E-state index is 0.0566. The van der Waals surface area contributed by atoms with Crippen LogP contribution in [-0.2, 0) is 4.79 Å². The molecule has 19 heavy (non-hydrogen) atoms. The molecular weight excluding hydrogens is 248 g/mol. The van der Waals surface area contributed by atoms with Crippen LogP contribution >= 0.6 is 0 Å². The van der Waals surface area contributed by atoms with Crippen molar-refractivity contribution < 1.29 is 15.0 Å². The molecule has 0 aliphatic rings. The van der Waals surface area contributed by atoms with Crippen molar-refractivity contribution in [2.45, 2.75) is 39.2 Å². The molecule has 0 spiro atoms. The maximum absolute atomic E-state index is 10.9. The van der Waals surface area contributed by atoms with Crippen LogP contribution in [0.25, 0.3) is 0 Å². The highest BCUT2D eigenvalue weighted by Crippen LogP contribution is 2.22. The molecule has 1 aromatic heterocycles. The Hall–Kier alpha value is -1.89. The molecule has 106 valence electrons. The van der Waals surface area contributed by atoms with Gasteiger partial charge in [0.2, 0.25) is 11.9 Å². The van der Waals surface area contributed by atoms with Crippen LogP contribution in [0.2, 0.25) is 0 Å². The first-order chi connectivity index (χ1) is 9.06. The maximum Gasteiger partial charge on any atom is 0.231 e. The molecule has 1 unspecified atom stereocenters. The van der Waals surface area contributed by atoms with E-state index >= 15 is 0 Å². The third-order valence-electron chi connectivity index (χ3n) is 2.52. The van der Waals surface area contributed by atoms with Gasteiger partial charge in [0, 0.05) is 6.92 Å². The second-order valence-corrected chi connectivity index (χ2v) is 4.27. The Balaban J connectivity index is 2.77. The number of aliphatic hydroxyl groups is 1. The summed E-state index contributed by atoms with van der Waals surface area (Å²) in [6.07, 6.45) is 3.95. The Morgan fingerprint density at radius 1 is 1.53 bits per heavy atom. The molecule has 0 fully saturated rings. The van der Waals surface area contributed by atoms with Gasteiger partial charge in [-0.2, -0.15) is 4.98 Å². The Labute approximate surface area is 112 Å². The van der Waals surface area contributed by atoms with Crippen molar-refractivity contribution in [1.29, 1.82) is 0 Å². The Morgan fingerprint density at radius 3 is 2.84 bits per heavy atom. The molecule has 1 aromatic rings. The van der Waals surface area contributed by atoms with Gasteiger partial charge in [-0.15, -0.1) is 0 Å². The van der Waals surface area contributed by atoms with Gasteiger partial charge in [-0.25, -0.2) is 4.98 Å². The number of nitrogens with one attached hydrogen (secondary N) is 2. The zero-order valence-corrected chi connectivity index (χ0v) is 11.2. The largest absolute Gasteiger partial charge is 0.503 e. The number of hydrogen-bond acceptors (Lipinski definition) is 6. The second-order valence-electron chi connectivity index (χ2n) is 4.27. The molecule has 0 radical (unpaired) electrons. The number of nitrogens with zero attached hydrogens (tertiary/aromatic N) is 2. The van der Waals surface area contributed by atoms with E-state index in [0.29, 0.717) is 0 Å². The summed E-state index contributed by atoms with van der Waals surface area (Å²) in [7, 11) is 0. The van der Waals surface area contributed by atoms with Gasteiger partial charge in [0.25, 0.3) is 0 Å². The SMILES string of the molecule is CCCCC(CO)Nc1nc(NC(C)=O)ncc1O.